The molecule has 18 nitrogen and oxygen atoms in total. The summed E-state index contributed by atoms with van der Waals surface area (Å²) in [5, 5.41) is 0. The van der Waals surface area contributed by atoms with E-state index in [0.717, 1.165) is 0 Å². The first-order valence-electron chi connectivity index (χ1n) is 0.748. The van der Waals surface area contributed by atoms with Gasteiger partial charge in [0.2, 0.25) is 0 Å². The predicted octanol–water partition coefficient (Wildman–Crippen LogP) is -11.3. The Balaban J connectivity index is -0.000000000879. The lowest BCUT2D eigenvalue weighted by Gasteiger charge is -2.19. The molecule has 0 atom stereocenters. The van der Waals surface area contributed by atoms with E-state index in [1.54, 1.807) is 0 Å². The van der Waals surface area contributed by atoms with Gasteiger partial charge in [-0.2, -0.15) is 0 Å². The topological polar surface area (TPSA) is 534 Å². The third kappa shape index (κ3) is 21000. The highest BCUT2D eigenvalue weighted by atomic mass is 31.2. The van der Waals surface area contributed by atoms with Gasteiger partial charge in [-0.25, -0.2) is 0 Å². The molecular weight excluding hydrogens is 315 g/mol. The molecule has 0 aromatic carbocycles. The Morgan fingerprint density at radius 2 is 0.526 bits per heavy atom. The molecule has 0 fully saturated rings. The molecule has 33 N–H and O–H groups in total. The number of hydrogen-bond donors (Lipinski definition) is 3. The van der Waals surface area contributed by atoms with Crippen molar-refractivity contribution in [2.45, 2.75) is 0 Å². The van der Waals surface area contributed by atoms with Gasteiger partial charge in [-0.3, -0.25) is 0 Å². The van der Waals surface area contributed by atoms with E-state index in [9.17, 15) is 0 Å². The highest BCUT2D eigenvalue weighted by Crippen LogP contribution is 2.11. The summed E-state index contributed by atoms with van der Waals surface area (Å²) < 4.78 is 8.66. The highest BCUT2D eigenvalue weighted by molar-refractivity contribution is 7.42. The lowest BCUT2D eigenvalue weighted by molar-refractivity contribution is -0.337. The number of hydrogen-bond acceptors (Lipinski definition) is 3. The summed E-state index contributed by atoms with van der Waals surface area (Å²) in [4.78, 5) is 24.3. The van der Waals surface area contributed by atoms with E-state index in [-0.39, 0.29) is 78.0 Å². The molecule has 144 valence electrons. The quantitative estimate of drug-likeness (QED) is 0.358. The van der Waals surface area contributed by atoms with Gasteiger partial charge in [0.25, 0.3) is 0 Å². The molecule has 0 bridgehead atoms. The van der Waals surface area contributed by atoms with Gasteiger partial charge in [-0.15, -0.1) is 0 Å². The van der Waals surface area contributed by atoms with Crippen LogP contribution in [0.5, 0.6) is 0 Å². The normalized spacial score (nSPS) is 3.11. The number of rotatable bonds is 0. The van der Waals surface area contributed by atoms with Crippen molar-refractivity contribution in [3.8, 4) is 0 Å². The Kier molecular flexibility index (Phi) is 3720. The van der Waals surface area contributed by atoms with E-state index < -0.39 is 7.82 Å². The van der Waals surface area contributed by atoms with Gasteiger partial charge >= 0.3 is 0 Å². The molecular formula is H33N2O16P. The number of quaternary nitrogens is 2. The molecule has 19 heavy (non-hydrogen) atoms. The van der Waals surface area contributed by atoms with E-state index in [4.69, 9.17) is 19.2 Å². The molecule has 0 aliphatic rings. The smallest absolute Gasteiger partial charge is 0.0557 e. The van der Waals surface area contributed by atoms with Crippen LogP contribution in [0.2, 0.25) is 0 Å². The molecule has 0 aliphatic heterocycles. The van der Waals surface area contributed by atoms with E-state index >= 15 is 0 Å². The van der Waals surface area contributed by atoms with Gasteiger partial charge in [-0.1, -0.05) is 0 Å². The van der Waals surface area contributed by atoms with Crippen molar-refractivity contribution in [2.75, 3.05) is 0 Å². The summed E-state index contributed by atoms with van der Waals surface area (Å²) in [6, 6.07) is 0. The maximum atomic E-state index is 8.66. The molecule has 19 heteroatoms. The lowest BCUT2D eigenvalue weighted by Crippen LogP contribution is -2.11. The second kappa shape index (κ2) is 156. The first-order chi connectivity index (χ1) is 2.00. The summed E-state index contributed by atoms with van der Waals surface area (Å²) in [5.41, 5.74) is 0. The minimum absolute atomic E-state index is 0. The monoisotopic (exact) mass is 348 g/mol. The van der Waals surface area contributed by atoms with Gasteiger partial charge < -0.3 is 97.3 Å². The zero-order valence-corrected chi connectivity index (χ0v) is 11.0. The van der Waals surface area contributed by atoms with Crippen molar-refractivity contribution in [1.82, 2.24) is 12.3 Å². The Labute approximate surface area is 106 Å². The van der Waals surface area contributed by atoms with Crippen LogP contribution >= 0.6 is 7.82 Å². The highest BCUT2D eigenvalue weighted by Gasteiger charge is 1.64. The van der Waals surface area contributed by atoms with Crippen LogP contribution in [0, 0.1) is 0 Å². The van der Waals surface area contributed by atoms with E-state index in [0.29, 0.717) is 0 Å². The third-order valence-electron chi connectivity index (χ3n) is 0. The molecule has 0 aromatic rings. The second-order valence-corrected chi connectivity index (χ2v) is 1.41. The Bertz CT molecular complexity index is 60.9. The molecule has 0 saturated carbocycles. The zero-order chi connectivity index (χ0) is 4.50. The Morgan fingerprint density at radius 1 is 0.526 bits per heavy atom. The van der Waals surface area contributed by atoms with Crippen molar-refractivity contribution in [2.24, 2.45) is 0 Å². The molecule has 0 rings (SSSR count). The SMILES string of the molecule is O.O.O.O.O.O.O.O.O.O.O.O.O=P([O-])([O-])O.[NH4+].[NH4+]. The fourth-order valence-electron chi connectivity index (χ4n) is 0. The largest absolute Gasteiger partial charge is 0.790 e. The number of phosphoric acid groups is 1. The van der Waals surface area contributed by atoms with Crippen LogP contribution in [0.15, 0.2) is 0 Å². The molecule has 0 unspecified atom stereocenters. The summed E-state index contributed by atoms with van der Waals surface area (Å²) in [7, 11) is -5.14. The minimum atomic E-state index is -5.14. The van der Waals surface area contributed by atoms with E-state index in [1.165, 1.54) is 0 Å². The van der Waals surface area contributed by atoms with Gasteiger partial charge in [0.05, 0.1) is 7.82 Å². The average Bonchev–Trinajstić information content (AvgIpc) is 0.722. The maximum absolute atomic E-state index is 8.66. The molecule has 0 aliphatic carbocycles. The van der Waals surface area contributed by atoms with Gasteiger partial charge in [0.1, 0.15) is 0 Å². The van der Waals surface area contributed by atoms with Crippen LogP contribution in [0.1, 0.15) is 0 Å². The second-order valence-electron chi connectivity index (χ2n) is 0.469. The van der Waals surface area contributed by atoms with Crippen LogP contribution < -0.4 is 22.1 Å². The van der Waals surface area contributed by atoms with E-state index in [2.05, 4.69) is 0 Å². The Morgan fingerprint density at radius 3 is 0.526 bits per heavy atom. The van der Waals surface area contributed by atoms with Crippen LogP contribution in [0.4, 0.5) is 0 Å². The van der Waals surface area contributed by atoms with E-state index in [1.807, 2.05) is 0 Å². The summed E-state index contributed by atoms with van der Waals surface area (Å²) >= 11 is 0. The minimum Gasteiger partial charge on any atom is -0.790 e. The fourth-order valence-corrected chi connectivity index (χ4v) is 0. The average molecular weight is 348 g/mol. The van der Waals surface area contributed by atoms with Crippen molar-refractivity contribution >= 4 is 7.82 Å². The molecule has 0 radical (unpaired) electrons. The van der Waals surface area contributed by atoms with Gasteiger partial charge in [0, 0.05) is 0 Å². The zero-order valence-electron chi connectivity index (χ0n) is 10.1. The molecule has 0 saturated heterocycles. The summed E-state index contributed by atoms with van der Waals surface area (Å²) in [6.07, 6.45) is 0. The van der Waals surface area contributed by atoms with Gasteiger partial charge in [0.15, 0.2) is 0 Å². The fraction of sp³-hybridized carbons (Fsp3) is 0. The summed E-state index contributed by atoms with van der Waals surface area (Å²) in [6.45, 7) is 0. The maximum Gasteiger partial charge on any atom is 0.0557 e. The van der Waals surface area contributed by atoms with Crippen molar-refractivity contribution in [1.29, 1.82) is 0 Å². The van der Waals surface area contributed by atoms with Crippen molar-refractivity contribution in [3.63, 3.8) is 0 Å². The lowest BCUT2D eigenvalue weighted by atomic mass is 14.0. The molecule has 0 aromatic heterocycles. The van der Waals surface area contributed by atoms with Crippen LogP contribution in [0.3, 0.4) is 0 Å². The predicted molar refractivity (Wildman–Crippen MR) is 65.2 cm³/mol. The van der Waals surface area contributed by atoms with Crippen molar-refractivity contribution in [3.05, 3.63) is 0 Å². The standard InChI is InChI=1S/2H3N.H3O4P.12H2O/c;;1-5(2,3)4;;;;;;;;;;;;/h2*1H3;(H3,1,2,3,4);12*1H2. The van der Waals surface area contributed by atoms with Crippen LogP contribution in [-0.2, 0) is 4.57 Å². The van der Waals surface area contributed by atoms with Gasteiger partial charge in [-0.05, 0) is 0 Å². The summed E-state index contributed by atoms with van der Waals surface area (Å²) in [5.74, 6) is 0. The van der Waals surface area contributed by atoms with Crippen LogP contribution in [0.25, 0.3) is 0 Å². The first kappa shape index (κ1) is 453. The molecule has 0 amide bonds. The Hall–Kier alpha value is -0.450. The first-order valence-corrected chi connectivity index (χ1v) is 2.24. The van der Waals surface area contributed by atoms with Crippen LogP contribution in [-0.4, -0.2) is 70.6 Å². The third-order valence-corrected chi connectivity index (χ3v) is 0. The molecule has 0 spiro atoms. The van der Waals surface area contributed by atoms with Crippen molar-refractivity contribution < 1.29 is 85.0 Å². The molecule has 0 heterocycles.